The van der Waals surface area contributed by atoms with Gasteiger partial charge in [0.15, 0.2) is 5.69 Å². The number of aromatic amines is 1. The van der Waals surface area contributed by atoms with Crippen LogP contribution in [0, 0.1) is 0 Å². The molecule has 0 aliphatic carbocycles. The van der Waals surface area contributed by atoms with E-state index in [0.717, 1.165) is 86.0 Å². The second-order valence-corrected chi connectivity index (χ2v) is 9.51. The molecule has 1 amide bonds. The van der Waals surface area contributed by atoms with Crippen molar-refractivity contribution in [3.05, 3.63) is 60.7 Å². The van der Waals surface area contributed by atoms with E-state index >= 15 is 0 Å². The summed E-state index contributed by atoms with van der Waals surface area (Å²) in [5.74, 6) is 0.645. The van der Waals surface area contributed by atoms with Crippen molar-refractivity contribution in [2.45, 2.75) is 13.8 Å². The molecule has 2 N–H and O–H groups in total. The second kappa shape index (κ2) is 12.2. The molecule has 0 unspecified atom stereocenters. The van der Waals surface area contributed by atoms with E-state index < -0.39 is 0 Å². The minimum absolute atomic E-state index is 0.280. The molecule has 10 heteroatoms. The van der Waals surface area contributed by atoms with E-state index in [0.29, 0.717) is 11.4 Å². The molecule has 0 spiro atoms. The number of morpholine rings is 1. The third kappa shape index (κ3) is 6.02. The third-order valence-corrected chi connectivity index (χ3v) is 7.04. The van der Waals surface area contributed by atoms with Crippen molar-refractivity contribution in [1.82, 2.24) is 25.1 Å². The van der Waals surface area contributed by atoms with Crippen LogP contribution in [0.15, 0.2) is 55.0 Å². The van der Waals surface area contributed by atoms with E-state index in [1.54, 1.807) is 6.20 Å². The number of rotatable bonds is 5. The minimum atomic E-state index is -0.280. The number of hydrogen-bond acceptors (Lipinski definition) is 8. The molecular formula is C29H36N8O2. The van der Waals surface area contributed by atoms with E-state index in [2.05, 4.69) is 53.3 Å². The van der Waals surface area contributed by atoms with Gasteiger partial charge in [0, 0.05) is 56.4 Å². The number of H-pyrrole nitrogens is 1. The Morgan fingerprint density at radius 1 is 0.897 bits per heavy atom. The van der Waals surface area contributed by atoms with E-state index in [1.807, 2.05) is 56.6 Å². The summed E-state index contributed by atoms with van der Waals surface area (Å²) in [5, 5.41) is 11.0. The van der Waals surface area contributed by atoms with E-state index in [1.165, 1.54) is 0 Å². The minimum Gasteiger partial charge on any atom is -0.378 e. The number of benzene rings is 1. The van der Waals surface area contributed by atoms with Crippen LogP contribution >= 0.6 is 0 Å². The normalized spacial score (nSPS) is 16.1. The summed E-state index contributed by atoms with van der Waals surface area (Å²) in [7, 11) is 2.13. The predicted molar refractivity (Wildman–Crippen MR) is 156 cm³/mol. The van der Waals surface area contributed by atoms with Crippen LogP contribution in [0.5, 0.6) is 0 Å². The maximum Gasteiger partial charge on any atom is 0.276 e. The van der Waals surface area contributed by atoms with Crippen LogP contribution in [0.3, 0.4) is 0 Å². The van der Waals surface area contributed by atoms with Gasteiger partial charge in [0.1, 0.15) is 5.82 Å². The number of carbonyl (C=O) groups is 1. The van der Waals surface area contributed by atoms with Gasteiger partial charge in [-0.2, -0.15) is 5.10 Å². The zero-order valence-corrected chi connectivity index (χ0v) is 22.9. The molecule has 2 aliphatic heterocycles. The monoisotopic (exact) mass is 528 g/mol. The number of likely N-dealkylation sites (N-methyl/N-ethyl adjacent to an activating group) is 1. The van der Waals surface area contributed by atoms with Gasteiger partial charge in [-0.1, -0.05) is 19.9 Å². The Bertz CT molecular complexity index is 1390. The number of nitrogens with one attached hydrogen (secondary N) is 2. The van der Waals surface area contributed by atoms with Gasteiger partial charge < -0.3 is 24.8 Å². The summed E-state index contributed by atoms with van der Waals surface area (Å²) in [5.41, 5.74) is 4.81. The lowest BCUT2D eigenvalue weighted by Gasteiger charge is -2.33. The van der Waals surface area contributed by atoms with Crippen molar-refractivity contribution in [3.63, 3.8) is 0 Å². The van der Waals surface area contributed by atoms with Gasteiger partial charge in [-0.15, -0.1) is 0 Å². The number of ether oxygens (including phenoxy) is 1. The topological polar surface area (TPSA) is 103 Å². The number of anilines is 3. The Balaban J connectivity index is 0.00000151. The SMILES string of the molecule is CC.CN1CCN(c2ccc(NC(=O)c3n[nH]c4ccc(-c5cncc(N6CCOCC6)c5)cc34)cn2)CC1. The number of pyridine rings is 2. The van der Waals surface area contributed by atoms with Crippen molar-refractivity contribution in [3.8, 4) is 11.1 Å². The molecule has 4 aromatic rings. The van der Waals surface area contributed by atoms with Crippen molar-refractivity contribution in [1.29, 1.82) is 0 Å². The van der Waals surface area contributed by atoms with Crippen molar-refractivity contribution >= 4 is 34.0 Å². The van der Waals surface area contributed by atoms with Crippen LogP contribution in [0.4, 0.5) is 17.2 Å². The fraction of sp³-hybridized carbons (Fsp3) is 0.379. The molecule has 0 radical (unpaired) electrons. The number of hydrogen-bond donors (Lipinski definition) is 2. The smallest absolute Gasteiger partial charge is 0.276 e. The molecule has 0 bridgehead atoms. The molecule has 10 nitrogen and oxygen atoms in total. The second-order valence-electron chi connectivity index (χ2n) is 9.51. The average Bonchev–Trinajstić information content (AvgIpc) is 3.43. The van der Waals surface area contributed by atoms with Gasteiger partial charge in [-0.05, 0) is 42.9 Å². The highest BCUT2D eigenvalue weighted by Crippen LogP contribution is 2.28. The fourth-order valence-corrected chi connectivity index (χ4v) is 4.82. The first kappa shape index (κ1) is 26.6. The van der Waals surface area contributed by atoms with E-state index in [9.17, 15) is 4.79 Å². The van der Waals surface area contributed by atoms with Crippen molar-refractivity contribution < 1.29 is 9.53 Å². The summed E-state index contributed by atoms with van der Waals surface area (Å²) < 4.78 is 5.47. The maximum absolute atomic E-state index is 13.2. The fourth-order valence-electron chi connectivity index (χ4n) is 4.82. The van der Waals surface area contributed by atoms with E-state index in [4.69, 9.17) is 4.74 Å². The number of carbonyl (C=O) groups excluding carboxylic acids is 1. The highest BCUT2D eigenvalue weighted by atomic mass is 16.5. The number of aromatic nitrogens is 4. The maximum atomic E-state index is 13.2. The third-order valence-electron chi connectivity index (χ3n) is 7.04. The number of piperazine rings is 1. The van der Waals surface area contributed by atoms with Gasteiger partial charge >= 0.3 is 0 Å². The summed E-state index contributed by atoms with van der Waals surface area (Å²) in [6, 6.07) is 11.9. The van der Waals surface area contributed by atoms with Crippen molar-refractivity contribution in [2.24, 2.45) is 0 Å². The van der Waals surface area contributed by atoms with Gasteiger partial charge in [0.2, 0.25) is 0 Å². The largest absolute Gasteiger partial charge is 0.378 e. The van der Waals surface area contributed by atoms with Gasteiger partial charge in [-0.25, -0.2) is 4.98 Å². The predicted octanol–water partition coefficient (Wildman–Crippen LogP) is 3.89. The molecule has 2 aliphatic rings. The quantitative estimate of drug-likeness (QED) is 0.402. The van der Waals surface area contributed by atoms with Crippen LogP contribution in [0.1, 0.15) is 24.3 Å². The molecule has 0 atom stereocenters. The van der Waals surface area contributed by atoms with Crippen LogP contribution < -0.4 is 15.1 Å². The van der Waals surface area contributed by atoms with Gasteiger partial charge in [-0.3, -0.25) is 14.9 Å². The number of nitrogens with zero attached hydrogens (tertiary/aromatic N) is 6. The Labute approximate surface area is 229 Å². The van der Waals surface area contributed by atoms with Crippen molar-refractivity contribution in [2.75, 3.05) is 74.6 Å². The Kier molecular flexibility index (Phi) is 8.33. The first-order chi connectivity index (χ1) is 19.1. The molecule has 39 heavy (non-hydrogen) atoms. The first-order valence-corrected chi connectivity index (χ1v) is 13.6. The molecule has 1 aromatic carbocycles. The number of amides is 1. The van der Waals surface area contributed by atoms with Crippen LogP contribution in [-0.2, 0) is 4.74 Å². The lowest BCUT2D eigenvalue weighted by Crippen LogP contribution is -2.44. The molecule has 204 valence electrons. The zero-order chi connectivity index (χ0) is 27.2. The standard InChI is InChI=1S/C27H30N8O2.C2H6/c1-33-6-8-35(9-7-33)25-5-3-21(17-29-25)30-27(36)26-23-15-19(2-4-24(23)31-32-26)20-14-22(18-28-16-20)34-10-12-37-13-11-34;1-2/h2-5,14-18H,6-13H2,1H3,(H,30,36)(H,31,32);1-2H3. The summed E-state index contributed by atoms with van der Waals surface area (Å²) in [4.78, 5) is 29.0. The summed E-state index contributed by atoms with van der Waals surface area (Å²) >= 11 is 0. The Hall–Kier alpha value is -4.02. The lowest BCUT2D eigenvalue weighted by molar-refractivity contribution is 0.102. The van der Waals surface area contributed by atoms with Crippen LogP contribution in [-0.4, -0.2) is 90.5 Å². The highest BCUT2D eigenvalue weighted by molar-refractivity contribution is 6.11. The Morgan fingerprint density at radius 3 is 2.44 bits per heavy atom. The average molecular weight is 529 g/mol. The first-order valence-electron chi connectivity index (χ1n) is 13.6. The van der Waals surface area contributed by atoms with Gasteiger partial charge in [0.05, 0.1) is 42.5 Å². The molecule has 3 aromatic heterocycles. The van der Waals surface area contributed by atoms with Gasteiger partial charge in [0.25, 0.3) is 5.91 Å². The van der Waals surface area contributed by atoms with E-state index in [-0.39, 0.29) is 5.91 Å². The molecule has 5 heterocycles. The summed E-state index contributed by atoms with van der Waals surface area (Å²) in [6.45, 7) is 11.1. The molecule has 6 rings (SSSR count). The zero-order valence-electron chi connectivity index (χ0n) is 22.9. The highest BCUT2D eigenvalue weighted by Gasteiger charge is 2.18. The Morgan fingerprint density at radius 2 is 1.69 bits per heavy atom. The molecule has 2 saturated heterocycles. The van der Waals surface area contributed by atoms with Crippen LogP contribution in [0.25, 0.3) is 22.0 Å². The number of fused-ring (bicyclic) bond motifs is 1. The molecule has 0 saturated carbocycles. The lowest BCUT2D eigenvalue weighted by atomic mass is 10.0. The summed E-state index contributed by atoms with van der Waals surface area (Å²) in [6.07, 6.45) is 5.43. The van der Waals surface area contributed by atoms with Crippen LogP contribution in [0.2, 0.25) is 0 Å². The molecule has 2 fully saturated rings. The molecular weight excluding hydrogens is 492 g/mol.